The van der Waals surface area contributed by atoms with Gasteiger partial charge in [0.15, 0.2) is 0 Å². The molecule has 0 spiro atoms. The Kier molecular flexibility index (Phi) is 4.55. The summed E-state index contributed by atoms with van der Waals surface area (Å²) in [5.41, 5.74) is 9.07. The van der Waals surface area contributed by atoms with E-state index in [0.717, 1.165) is 6.42 Å². The molecule has 2 atom stereocenters. The lowest BCUT2D eigenvalue weighted by Gasteiger charge is -2.29. The second-order valence-electron chi connectivity index (χ2n) is 5.21. The number of nitrogens with two attached hydrogens (primary N) is 1. The summed E-state index contributed by atoms with van der Waals surface area (Å²) in [5.74, 6) is 0.497. The number of pyridine rings is 1. The van der Waals surface area contributed by atoms with Crippen molar-refractivity contribution in [1.29, 1.82) is 0 Å². The van der Waals surface area contributed by atoms with E-state index in [1.54, 1.807) is 0 Å². The standard InChI is InChI=1S/C15H24N2/c1-2-3-4-10-14(16)13-9-5-7-12-8-6-11-17-15(12)13/h6,8,11,13-14H,2-5,7,9-10,16H2,1H3. The van der Waals surface area contributed by atoms with Crippen molar-refractivity contribution >= 4 is 0 Å². The van der Waals surface area contributed by atoms with Crippen molar-refractivity contribution in [2.45, 2.75) is 63.8 Å². The first kappa shape index (κ1) is 12.6. The van der Waals surface area contributed by atoms with E-state index >= 15 is 0 Å². The second kappa shape index (κ2) is 6.15. The molecule has 1 aliphatic rings. The lowest BCUT2D eigenvalue weighted by molar-refractivity contribution is 0.420. The Hall–Kier alpha value is -0.890. The van der Waals surface area contributed by atoms with Crippen LogP contribution in [0.5, 0.6) is 0 Å². The average molecular weight is 232 g/mol. The van der Waals surface area contributed by atoms with Crippen LogP contribution in [-0.2, 0) is 6.42 Å². The Bertz CT molecular complexity index is 349. The fraction of sp³-hybridized carbons (Fsp3) is 0.667. The van der Waals surface area contributed by atoms with Gasteiger partial charge in [-0.25, -0.2) is 0 Å². The molecule has 0 saturated heterocycles. The summed E-state index contributed by atoms with van der Waals surface area (Å²) in [6.07, 6.45) is 10.6. The summed E-state index contributed by atoms with van der Waals surface area (Å²) in [7, 11) is 0. The van der Waals surface area contributed by atoms with Crippen LogP contribution in [-0.4, -0.2) is 11.0 Å². The molecular weight excluding hydrogens is 208 g/mol. The number of rotatable bonds is 5. The Morgan fingerprint density at radius 1 is 1.47 bits per heavy atom. The predicted octanol–water partition coefficient (Wildman–Crippen LogP) is 3.41. The molecule has 0 saturated carbocycles. The molecule has 0 bridgehead atoms. The highest BCUT2D eigenvalue weighted by Crippen LogP contribution is 2.33. The largest absolute Gasteiger partial charge is 0.327 e. The zero-order chi connectivity index (χ0) is 12.1. The van der Waals surface area contributed by atoms with Crippen LogP contribution in [0.15, 0.2) is 18.3 Å². The van der Waals surface area contributed by atoms with Crippen LogP contribution in [0.2, 0.25) is 0 Å². The van der Waals surface area contributed by atoms with E-state index in [1.807, 2.05) is 12.3 Å². The number of unbranched alkanes of at least 4 members (excludes halogenated alkanes) is 2. The van der Waals surface area contributed by atoms with Crippen LogP contribution in [0.1, 0.15) is 62.6 Å². The predicted molar refractivity (Wildman–Crippen MR) is 72.0 cm³/mol. The van der Waals surface area contributed by atoms with Gasteiger partial charge in [-0.15, -0.1) is 0 Å². The molecule has 2 nitrogen and oxygen atoms in total. The molecule has 0 aliphatic heterocycles. The minimum Gasteiger partial charge on any atom is -0.327 e. The highest BCUT2D eigenvalue weighted by atomic mass is 14.7. The molecule has 0 radical (unpaired) electrons. The Morgan fingerprint density at radius 3 is 3.18 bits per heavy atom. The van der Waals surface area contributed by atoms with Gasteiger partial charge in [0, 0.05) is 23.9 Å². The number of fused-ring (bicyclic) bond motifs is 1. The first-order valence-corrected chi connectivity index (χ1v) is 7.02. The van der Waals surface area contributed by atoms with Crippen LogP contribution in [0.4, 0.5) is 0 Å². The van der Waals surface area contributed by atoms with Gasteiger partial charge in [-0.1, -0.05) is 32.3 Å². The summed E-state index contributed by atoms with van der Waals surface area (Å²) in [5, 5.41) is 0. The van der Waals surface area contributed by atoms with Crippen LogP contribution in [0.25, 0.3) is 0 Å². The lowest BCUT2D eigenvalue weighted by Crippen LogP contribution is -2.31. The van der Waals surface area contributed by atoms with Crippen LogP contribution in [0, 0.1) is 0 Å². The maximum Gasteiger partial charge on any atom is 0.0481 e. The van der Waals surface area contributed by atoms with Crippen molar-refractivity contribution in [3.63, 3.8) is 0 Å². The number of hydrogen-bond acceptors (Lipinski definition) is 2. The van der Waals surface area contributed by atoms with Gasteiger partial charge in [-0.2, -0.15) is 0 Å². The van der Waals surface area contributed by atoms with Gasteiger partial charge in [0.05, 0.1) is 0 Å². The van der Waals surface area contributed by atoms with Crippen LogP contribution < -0.4 is 5.73 Å². The SMILES string of the molecule is CCCCCC(N)C1CCCc2cccnc21. The summed E-state index contributed by atoms with van der Waals surface area (Å²) >= 11 is 0. The molecule has 0 amide bonds. The van der Waals surface area contributed by atoms with Gasteiger partial charge in [0.1, 0.15) is 0 Å². The maximum atomic E-state index is 6.36. The van der Waals surface area contributed by atoms with Gasteiger partial charge in [-0.3, -0.25) is 4.98 Å². The third-order valence-corrected chi connectivity index (χ3v) is 3.90. The first-order chi connectivity index (χ1) is 8.33. The van der Waals surface area contributed by atoms with Gasteiger partial charge < -0.3 is 5.73 Å². The van der Waals surface area contributed by atoms with Crippen molar-refractivity contribution in [3.05, 3.63) is 29.6 Å². The Morgan fingerprint density at radius 2 is 2.35 bits per heavy atom. The Balaban J connectivity index is 2.02. The molecule has 17 heavy (non-hydrogen) atoms. The van der Waals surface area contributed by atoms with E-state index < -0.39 is 0 Å². The third-order valence-electron chi connectivity index (χ3n) is 3.90. The fourth-order valence-electron chi connectivity index (χ4n) is 2.89. The third kappa shape index (κ3) is 3.06. The smallest absolute Gasteiger partial charge is 0.0481 e. The van der Waals surface area contributed by atoms with E-state index in [0.29, 0.717) is 12.0 Å². The molecule has 2 unspecified atom stereocenters. The minimum atomic E-state index is 0.301. The second-order valence-corrected chi connectivity index (χ2v) is 5.21. The van der Waals surface area contributed by atoms with E-state index in [1.165, 1.54) is 49.8 Å². The van der Waals surface area contributed by atoms with Crippen molar-refractivity contribution in [2.24, 2.45) is 5.73 Å². The summed E-state index contributed by atoms with van der Waals surface area (Å²) in [6, 6.07) is 4.56. The highest BCUT2D eigenvalue weighted by molar-refractivity contribution is 5.27. The number of hydrogen-bond donors (Lipinski definition) is 1. The fourth-order valence-corrected chi connectivity index (χ4v) is 2.89. The van der Waals surface area contributed by atoms with Gasteiger partial charge in [-0.05, 0) is 37.3 Å². The molecule has 1 aromatic heterocycles. The average Bonchev–Trinajstić information content (AvgIpc) is 2.38. The van der Waals surface area contributed by atoms with Crippen molar-refractivity contribution in [2.75, 3.05) is 0 Å². The molecule has 0 aromatic carbocycles. The Labute approximate surface area is 105 Å². The van der Waals surface area contributed by atoms with E-state index in [9.17, 15) is 0 Å². The quantitative estimate of drug-likeness (QED) is 0.790. The molecule has 2 N–H and O–H groups in total. The van der Waals surface area contributed by atoms with Gasteiger partial charge >= 0.3 is 0 Å². The molecule has 1 aromatic rings. The molecule has 0 fully saturated rings. The molecule has 2 heteroatoms. The van der Waals surface area contributed by atoms with E-state index in [-0.39, 0.29) is 0 Å². The normalized spacial score (nSPS) is 20.9. The molecular formula is C15H24N2. The minimum absolute atomic E-state index is 0.301. The lowest BCUT2D eigenvalue weighted by atomic mass is 9.81. The number of aromatic nitrogens is 1. The molecule has 1 aliphatic carbocycles. The zero-order valence-electron chi connectivity index (χ0n) is 10.9. The zero-order valence-corrected chi connectivity index (χ0v) is 10.9. The van der Waals surface area contributed by atoms with Crippen LogP contribution >= 0.6 is 0 Å². The summed E-state index contributed by atoms with van der Waals surface area (Å²) in [6.45, 7) is 2.24. The summed E-state index contributed by atoms with van der Waals surface area (Å²) in [4.78, 5) is 4.57. The first-order valence-electron chi connectivity index (χ1n) is 7.02. The molecule has 94 valence electrons. The molecule has 1 heterocycles. The summed E-state index contributed by atoms with van der Waals surface area (Å²) < 4.78 is 0. The maximum absolute atomic E-state index is 6.36. The van der Waals surface area contributed by atoms with Gasteiger partial charge in [0.2, 0.25) is 0 Å². The molecule has 2 rings (SSSR count). The monoisotopic (exact) mass is 232 g/mol. The van der Waals surface area contributed by atoms with E-state index in [4.69, 9.17) is 5.73 Å². The van der Waals surface area contributed by atoms with Gasteiger partial charge in [0.25, 0.3) is 0 Å². The van der Waals surface area contributed by atoms with Crippen molar-refractivity contribution in [1.82, 2.24) is 4.98 Å². The number of aryl methyl sites for hydroxylation is 1. The number of nitrogens with zero attached hydrogens (tertiary/aromatic N) is 1. The van der Waals surface area contributed by atoms with Crippen molar-refractivity contribution in [3.8, 4) is 0 Å². The van der Waals surface area contributed by atoms with Crippen LogP contribution in [0.3, 0.4) is 0 Å². The highest BCUT2D eigenvalue weighted by Gasteiger charge is 2.26. The van der Waals surface area contributed by atoms with Crippen molar-refractivity contribution < 1.29 is 0 Å². The van der Waals surface area contributed by atoms with E-state index in [2.05, 4.69) is 18.0 Å². The topological polar surface area (TPSA) is 38.9 Å².